The van der Waals surface area contributed by atoms with Gasteiger partial charge in [0.25, 0.3) is 0 Å². The first kappa shape index (κ1) is 7.14. The van der Waals surface area contributed by atoms with Crippen molar-refractivity contribution in [3.05, 3.63) is 17.7 Å². The van der Waals surface area contributed by atoms with E-state index < -0.39 is 5.97 Å². The van der Waals surface area contributed by atoms with E-state index in [1.807, 2.05) is 0 Å². The van der Waals surface area contributed by atoms with Crippen LogP contribution in [0, 0.1) is 0 Å². The topological polar surface area (TPSA) is 66.0 Å². The predicted octanol–water partition coefficient (Wildman–Crippen LogP) is 0.538. The van der Waals surface area contributed by atoms with Crippen molar-refractivity contribution in [3.8, 4) is 0 Å². The normalized spacial score (nSPS) is 9.70. The van der Waals surface area contributed by atoms with Gasteiger partial charge in [0.2, 0.25) is 0 Å². The third-order valence-electron chi connectivity index (χ3n) is 1.08. The molecule has 5 heteroatoms. The van der Waals surface area contributed by atoms with Crippen LogP contribution < -0.4 is 0 Å². The van der Waals surface area contributed by atoms with E-state index in [4.69, 9.17) is 5.11 Å². The number of H-pyrrole nitrogens is 1. The van der Waals surface area contributed by atoms with E-state index in [9.17, 15) is 4.79 Å². The molecule has 1 heterocycles. The number of carbonyl (C=O) groups is 1. The van der Waals surface area contributed by atoms with Crippen LogP contribution in [-0.2, 0) is 5.75 Å². The van der Waals surface area contributed by atoms with Gasteiger partial charge >= 0.3 is 5.97 Å². The molecular formula is C5H6N2O2S. The standard InChI is InChI=1S/C5H6N2O2S/c8-5(9)4-3(1-10)6-2-7-4/h2,10H,1H2,(H,6,7)(H,8,9). The number of aromatic amines is 1. The molecule has 0 amide bonds. The lowest BCUT2D eigenvalue weighted by Crippen LogP contribution is -2.00. The van der Waals surface area contributed by atoms with E-state index in [0.29, 0.717) is 11.4 Å². The maximum Gasteiger partial charge on any atom is 0.356 e. The number of rotatable bonds is 2. The predicted molar refractivity (Wildman–Crippen MR) is 38.2 cm³/mol. The van der Waals surface area contributed by atoms with Gasteiger partial charge in [-0.3, -0.25) is 0 Å². The summed E-state index contributed by atoms with van der Waals surface area (Å²) in [5.41, 5.74) is 0.589. The summed E-state index contributed by atoms with van der Waals surface area (Å²) >= 11 is 3.91. The first-order chi connectivity index (χ1) is 4.75. The van der Waals surface area contributed by atoms with E-state index >= 15 is 0 Å². The van der Waals surface area contributed by atoms with Crippen molar-refractivity contribution in [1.29, 1.82) is 0 Å². The van der Waals surface area contributed by atoms with Crippen LogP contribution in [0.1, 0.15) is 16.2 Å². The van der Waals surface area contributed by atoms with E-state index in [1.54, 1.807) is 0 Å². The van der Waals surface area contributed by atoms with Crippen molar-refractivity contribution < 1.29 is 9.90 Å². The van der Waals surface area contributed by atoms with Crippen LogP contribution >= 0.6 is 12.6 Å². The van der Waals surface area contributed by atoms with E-state index in [2.05, 4.69) is 22.6 Å². The lowest BCUT2D eigenvalue weighted by molar-refractivity contribution is 0.0690. The molecule has 54 valence electrons. The molecule has 0 aliphatic heterocycles. The molecule has 1 rings (SSSR count). The Morgan fingerprint density at radius 2 is 2.60 bits per heavy atom. The van der Waals surface area contributed by atoms with E-state index in [-0.39, 0.29) is 5.69 Å². The fraction of sp³-hybridized carbons (Fsp3) is 0.200. The number of nitrogens with one attached hydrogen (secondary N) is 1. The van der Waals surface area contributed by atoms with Gasteiger partial charge in [-0.1, -0.05) is 0 Å². The first-order valence-corrected chi connectivity index (χ1v) is 3.25. The van der Waals surface area contributed by atoms with Crippen LogP contribution in [-0.4, -0.2) is 21.0 Å². The molecule has 0 aliphatic rings. The summed E-state index contributed by atoms with van der Waals surface area (Å²) in [4.78, 5) is 16.6. The number of thiol groups is 1. The Kier molecular flexibility index (Phi) is 1.96. The molecule has 0 unspecified atom stereocenters. The Bertz CT molecular complexity index is 246. The van der Waals surface area contributed by atoms with Crippen LogP contribution in [0.4, 0.5) is 0 Å². The highest BCUT2D eigenvalue weighted by molar-refractivity contribution is 7.79. The molecule has 1 aromatic rings. The number of aromatic nitrogens is 2. The Labute approximate surface area is 62.7 Å². The number of aromatic carboxylic acids is 1. The second-order valence-electron chi connectivity index (χ2n) is 1.69. The molecule has 0 aliphatic carbocycles. The number of hydrogen-bond acceptors (Lipinski definition) is 3. The molecule has 0 saturated heterocycles. The molecule has 2 N–H and O–H groups in total. The summed E-state index contributed by atoms with van der Waals surface area (Å²) in [6.45, 7) is 0. The fourth-order valence-electron chi connectivity index (χ4n) is 0.626. The quantitative estimate of drug-likeness (QED) is 0.550. The van der Waals surface area contributed by atoms with Gasteiger partial charge in [0.1, 0.15) is 0 Å². The molecule has 0 radical (unpaired) electrons. The molecule has 0 spiro atoms. The Balaban J connectivity index is 3.01. The minimum atomic E-state index is -1.02. The minimum Gasteiger partial charge on any atom is -0.476 e. The maximum absolute atomic E-state index is 10.3. The second-order valence-corrected chi connectivity index (χ2v) is 2.01. The molecular weight excluding hydrogens is 152 g/mol. The molecule has 0 atom stereocenters. The third kappa shape index (κ3) is 1.13. The first-order valence-electron chi connectivity index (χ1n) is 2.62. The van der Waals surface area contributed by atoms with Crippen molar-refractivity contribution in [3.63, 3.8) is 0 Å². The zero-order chi connectivity index (χ0) is 7.56. The van der Waals surface area contributed by atoms with Gasteiger partial charge in [0.05, 0.1) is 12.0 Å². The van der Waals surface area contributed by atoms with Crippen molar-refractivity contribution in [2.24, 2.45) is 0 Å². The minimum absolute atomic E-state index is 0.0509. The number of carboxylic acids is 1. The summed E-state index contributed by atoms with van der Waals surface area (Å²) in [7, 11) is 0. The number of imidazole rings is 1. The Hall–Kier alpha value is -0.970. The SMILES string of the molecule is O=C(O)c1nc[nH]c1CS. The number of nitrogens with zero attached hydrogens (tertiary/aromatic N) is 1. The summed E-state index contributed by atoms with van der Waals surface area (Å²) < 4.78 is 0. The van der Waals surface area contributed by atoms with Gasteiger partial charge in [-0.05, 0) is 0 Å². The van der Waals surface area contributed by atoms with Gasteiger partial charge in [-0.2, -0.15) is 12.6 Å². The Morgan fingerprint density at radius 1 is 1.90 bits per heavy atom. The summed E-state index contributed by atoms with van der Waals surface area (Å²) in [5.74, 6) is -0.660. The van der Waals surface area contributed by atoms with E-state index in [0.717, 1.165) is 0 Å². The summed E-state index contributed by atoms with van der Waals surface area (Å²) in [5, 5.41) is 8.47. The van der Waals surface area contributed by atoms with Crippen LogP contribution in [0.2, 0.25) is 0 Å². The van der Waals surface area contributed by atoms with Crippen LogP contribution in [0.3, 0.4) is 0 Å². The van der Waals surface area contributed by atoms with Crippen molar-refractivity contribution in [1.82, 2.24) is 9.97 Å². The molecule has 0 fully saturated rings. The average molecular weight is 158 g/mol. The summed E-state index contributed by atoms with van der Waals surface area (Å²) in [6.07, 6.45) is 1.34. The number of hydrogen-bond donors (Lipinski definition) is 3. The van der Waals surface area contributed by atoms with Crippen LogP contribution in [0.15, 0.2) is 6.33 Å². The average Bonchev–Trinajstić information content (AvgIpc) is 2.33. The number of carboxylic acid groups (broad SMARTS) is 1. The Morgan fingerprint density at radius 3 is 3.00 bits per heavy atom. The zero-order valence-corrected chi connectivity index (χ0v) is 5.93. The van der Waals surface area contributed by atoms with Crippen LogP contribution in [0.25, 0.3) is 0 Å². The highest BCUT2D eigenvalue weighted by Crippen LogP contribution is 2.04. The maximum atomic E-state index is 10.3. The highest BCUT2D eigenvalue weighted by atomic mass is 32.1. The van der Waals surface area contributed by atoms with Gasteiger partial charge in [-0.15, -0.1) is 0 Å². The van der Waals surface area contributed by atoms with Gasteiger partial charge in [-0.25, -0.2) is 9.78 Å². The third-order valence-corrected chi connectivity index (χ3v) is 1.40. The molecule has 0 saturated carbocycles. The zero-order valence-electron chi connectivity index (χ0n) is 5.03. The monoisotopic (exact) mass is 158 g/mol. The smallest absolute Gasteiger partial charge is 0.356 e. The van der Waals surface area contributed by atoms with Gasteiger partial charge in [0, 0.05) is 5.75 Å². The largest absolute Gasteiger partial charge is 0.476 e. The van der Waals surface area contributed by atoms with Crippen LogP contribution in [0.5, 0.6) is 0 Å². The molecule has 10 heavy (non-hydrogen) atoms. The molecule has 0 bridgehead atoms. The van der Waals surface area contributed by atoms with Crippen molar-refractivity contribution >= 4 is 18.6 Å². The summed E-state index contributed by atoms with van der Waals surface area (Å²) in [6, 6.07) is 0. The lowest BCUT2D eigenvalue weighted by atomic mass is 10.3. The van der Waals surface area contributed by atoms with Gasteiger partial charge < -0.3 is 10.1 Å². The lowest BCUT2D eigenvalue weighted by Gasteiger charge is -1.89. The van der Waals surface area contributed by atoms with Crippen molar-refractivity contribution in [2.45, 2.75) is 5.75 Å². The highest BCUT2D eigenvalue weighted by Gasteiger charge is 2.10. The molecule has 4 nitrogen and oxygen atoms in total. The molecule has 1 aromatic heterocycles. The van der Waals surface area contributed by atoms with Gasteiger partial charge in [0.15, 0.2) is 5.69 Å². The van der Waals surface area contributed by atoms with Crippen molar-refractivity contribution in [2.75, 3.05) is 0 Å². The van der Waals surface area contributed by atoms with E-state index in [1.165, 1.54) is 6.33 Å². The fourth-order valence-corrected chi connectivity index (χ4v) is 0.867. The second kappa shape index (κ2) is 2.74. The molecule has 0 aromatic carbocycles.